The number of carbonyl (C=O) groups excluding carboxylic acids is 1. The highest BCUT2D eigenvalue weighted by molar-refractivity contribution is 5.87. The van der Waals surface area contributed by atoms with Crippen LogP contribution in [-0.4, -0.2) is 35.4 Å². The number of aliphatic hydroxyl groups is 2. The molecule has 2 unspecified atom stereocenters. The summed E-state index contributed by atoms with van der Waals surface area (Å²) in [4.78, 5) is 10.9. The molecule has 0 aromatic heterocycles. The standard InChI is InChI=1S/C8H14O5/c1-5(2)7(10)13-8(11,12-4)6(3)9/h6,9,11H,1H2,2-4H3. The average molecular weight is 190 g/mol. The van der Waals surface area contributed by atoms with E-state index >= 15 is 0 Å². The third kappa shape index (κ3) is 3.14. The second-order valence-electron chi connectivity index (χ2n) is 2.68. The summed E-state index contributed by atoms with van der Waals surface area (Å²) in [7, 11) is 1.11. The van der Waals surface area contributed by atoms with Gasteiger partial charge in [0.05, 0.1) is 0 Å². The fraction of sp³-hybridized carbons (Fsp3) is 0.625. The molecule has 0 aromatic carbocycles. The van der Waals surface area contributed by atoms with E-state index in [4.69, 9.17) is 5.11 Å². The predicted molar refractivity (Wildman–Crippen MR) is 44.5 cm³/mol. The van der Waals surface area contributed by atoms with Gasteiger partial charge in [-0.2, -0.15) is 0 Å². The van der Waals surface area contributed by atoms with Gasteiger partial charge in [-0.1, -0.05) is 6.58 Å². The van der Waals surface area contributed by atoms with Crippen LogP contribution in [0, 0.1) is 0 Å². The Hall–Kier alpha value is -0.910. The van der Waals surface area contributed by atoms with Crippen molar-refractivity contribution in [1.82, 2.24) is 0 Å². The van der Waals surface area contributed by atoms with Crippen LogP contribution in [0.25, 0.3) is 0 Å². The molecule has 0 amide bonds. The molecule has 0 heterocycles. The summed E-state index contributed by atoms with van der Waals surface area (Å²) >= 11 is 0. The van der Waals surface area contributed by atoms with Crippen LogP contribution < -0.4 is 0 Å². The van der Waals surface area contributed by atoms with Crippen molar-refractivity contribution in [2.24, 2.45) is 0 Å². The van der Waals surface area contributed by atoms with Crippen LogP contribution in [-0.2, 0) is 14.3 Å². The molecule has 2 atom stereocenters. The van der Waals surface area contributed by atoms with Crippen LogP contribution in [0.4, 0.5) is 0 Å². The maximum Gasteiger partial charge on any atom is 0.353 e. The van der Waals surface area contributed by atoms with Crippen LogP contribution in [0.2, 0.25) is 0 Å². The van der Waals surface area contributed by atoms with Gasteiger partial charge in [0.2, 0.25) is 0 Å². The first-order chi connectivity index (χ1) is 5.83. The molecular weight excluding hydrogens is 176 g/mol. The topological polar surface area (TPSA) is 76.0 Å². The molecule has 0 aliphatic rings. The van der Waals surface area contributed by atoms with Gasteiger partial charge in [0, 0.05) is 12.7 Å². The highest BCUT2D eigenvalue weighted by Crippen LogP contribution is 2.15. The number of aliphatic hydroxyl groups excluding tert-OH is 1. The molecule has 5 nitrogen and oxygen atoms in total. The zero-order valence-electron chi connectivity index (χ0n) is 7.90. The smallest absolute Gasteiger partial charge is 0.353 e. The van der Waals surface area contributed by atoms with Gasteiger partial charge in [0.1, 0.15) is 6.10 Å². The lowest BCUT2D eigenvalue weighted by Crippen LogP contribution is -2.46. The van der Waals surface area contributed by atoms with E-state index in [1.54, 1.807) is 0 Å². The van der Waals surface area contributed by atoms with Crippen molar-refractivity contribution >= 4 is 5.97 Å². The highest BCUT2D eigenvalue weighted by Gasteiger charge is 2.37. The molecule has 0 rings (SSSR count). The van der Waals surface area contributed by atoms with Crippen LogP contribution in [0.5, 0.6) is 0 Å². The van der Waals surface area contributed by atoms with E-state index < -0.39 is 18.0 Å². The lowest BCUT2D eigenvalue weighted by atomic mass is 10.3. The number of rotatable bonds is 4. The molecule has 0 radical (unpaired) electrons. The maximum atomic E-state index is 10.9. The lowest BCUT2D eigenvalue weighted by Gasteiger charge is -2.27. The molecule has 0 saturated carbocycles. The van der Waals surface area contributed by atoms with E-state index in [0.717, 1.165) is 7.11 Å². The zero-order valence-corrected chi connectivity index (χ0v) is 7.90. The van der Waals surface area contributed by atoms with Gasteiger partial charge >= 0.3 is 11.9 Å². The number of carbonyl (C=O) groups is 1. The number of hydrogen-bond donors (Lipinski definition) is 2. The summed E-state index contributed by atoms with van der Waals surface area (Å²) in [6.07, 6.45) is -1.35. The SMILES string of the molecule is C=C(C)C(=O)OC(O)(OC)C(C)O. The Morgan fingerprint density at radius 1 is 1.62 bits per heavy atom. The van der Waals surface area contributed by atoms with Gasteiger partial charge in [-0.25, -0.2) is 4.79 Å². The van der Waals surface area contributed by atoms with E-state index in [1.165, 1.54) is 13.8 Å². The second kappa shape index (κ2) is 4.36. The normalized spacial score (nSPS) is 17.3. The predicted octanol–water partition coefficient (Wildman–Crippen LogP) is -0.221. The first-order valence-electron chi connectivity index (χ1n) is 3.68. The fourth-order valence-corrected chi connectivity index (χ4v) is 0.517. The Labute approximate surface area is 76.6 Å². The Bertz CT molecular complexity index is 211. The summed E-state index contributed by atoms with van der Waals surface area (Å²) < 4.78 is 8.90. The van der Waals surface area contributed by atoms with Crippen molar-refractivity contribution in [1.29, 1.82) is 0 Å². The Morgan fingerprint density at radius 3 is 2.31 bits per heavy atom. The van der Waals surface area contributed by atoms with Gasteiger partial charge in [-0.15, -0.1) is 0 Å². The molecule has 13 heavy (non-hydrogen) atoms. The van der Waals surface area contributed by atoms with E-state index in [9.17, 15) is 9.90 Å². The van der Waals surface area contributed by atoms with Gasteiger partial charge in [0.25, 0.3) is 0 Å². The Kier molecular flexibility index (Phi) is 4.06. The fourth-order valence-electron chi connectivity index (χ4n) is 0.517. The van der Waals surface area contributed by atoms with Gasteiger partial charge in [-0.05, 0) is 13.8 Å². The molecular formula is C8H14O5. The van der Waals surface area contributed by atoms with Crippen LogP contribution >= 0.6 is 0 Å². The average Bonchev–Trinajstić information content (AvgIpc) is 2.03. The number of esters is 1. The lowest BCUT2D eigenvalue weighted by molar-refractivity contribution is -0.364. The summed E-state index contributed by atoms with van der Waals surface area (Å²) in [5, 5.41) is 18.4. The van der Waals surface area contributed by atoms with Crippen molar-refractivity contribution in [2.75, 3.05) is 7.11 Å². The van der Waals surface area contributed by atoms with Gasteiger partial charge in [-0.3, -0.25) is 0 Å². The summed E-state index contributed by atoms with van der Waals surface area (Å²) in [6.45, 7) is 5.96. The molecule has 0 aromatic rings. The third-order valence-electron chi connectivity index (χ3n) is 1.41. The molecule has 0 bridgehead atoms. The Balaban J connectivity index is 4.45. The van der Waals surface area contributed by atoms with Gasteiger partial charge in [0.15, 0.2) is 0 Å². The zero-order chi connectivity index (χ0) is 10.6. The van der Waals surface area contributed by atoms with Crippen molar-refractivity contribution in [3.8, 4) is 0 Å². The van der Waals surface area contributed by atoms with Crippen molar-refractivity contribution < 1.29 is 24.5 Å². The first kappa shape index (κ1) is 12.1. The molecule has 76 valence electrons. The van der Waals surface area contributed by atoms with E-state index in [2.05, 4.69) is 16.1 Å². The number of ether oxygens (including phenoxy) is 2. The minimum Gasteiger partial charge on any atom is -0.402 e. The minimum absolute atomic E-state index is 0.108. The van der Waals surface area contributed by atoms with E-state index in [0.29, 0.717) is 0 Å². The second-order valence-corrected chi connectivity index (χ2v) is 2.68. The first-order valence-corrected chi connectivity index (χ1v) is 3.68. The van der Waals surface area contributed by atoms with Crippen molar-refractivity contribution in [2.45, 2.75) is 25.9 Å². The number of methoxy groups -OCH3 is 1. The largest absolute Gasteiger partial charge is 0.402 e. The molecule has 0 saturated heterocycles. The summed E-state index contributed by atoms with van der Waals surface area (Å²) in [6, 6.07) is 0. The van der Waals surface area contributed by atoms with Crippen LogP contribution in [0.1, 0.15) is 13.8 Å². The molecule has 5 heteroatoms. The number of hydrogen-bond acceptors (Lipinski definition) is 5. The summed E-state index contributed by atoms with van der Waals surface area (Å²) in [5.74, 6) is -3.14. The maximum absolute atomic E-state index is 10.9. The molecule has 0 fully saturated rings. The summed E-state index contributed by atoms with van der Waals surface area (Å²) in [5.41, 5.74) is 0.108. The molecule has 0 aliphatic heterocycles. The van der Waals surface area contributed by atoms with Gasteiger partial charge < -0.3 is 19.7 Å². The molecule has 0 aliphatic carbocycles. The van der Waals surface area contributed by atoms with E-state index in [1.807, 2.05) is 0 Å². The quantitative estimate of drug-likeness (QED) is 0.364. The van der Waals surface area contributed by atoms with Crippen molar-refractivity contribution in [3.63, 3.8) is 0 Å². The molecule has 0 spiro atoms. The highest BCUT2D eigenvalue weighted by atomic mass is 16.8. The van der Waals surface area contributed by atoms with Crippen molar-refractivity contribution in [3.05, 3.63) is 12.2 Å². The molecule has 2 N–H and O–H groups in total. The minimum atomic E-state index is -2.31. The van der Waals surface area contributed by atoms with E-state index in [-0.39, 0.29) is 5.57 Å². The van der Waals surface area contributed by atoms with Crippen LogP contribution in [0.15, 0.2) is 12.2 Å². The Morgan fingerprint density at radius 2 is 2.08 bits per heavy atom. The van der Waals surface area contributed by atoms with Crippen LogP contribution in [0.3, 0.4) is 0 Å². The monoisotopic (exact) mass is 190 g/mol. The third-order valence-corrected chi connectivity index (χ3v) is 1.41.